The SMILES string of the molecule is CC(=O)Nc1ccc(C(=O)Nc2ccc(-c3cc4ccccc4[nH]3)cc2)cc1. The standard InChI is InChI=1S/C23H19N3O2/c1-15(27)24-19-12-8-17(9-13-19)23(28)25-20-10-6-16(7-11-20)22-14-18-4-2-3-5-21(18)26-22/h2-14,26H,1H3,(H,24,27)(H,25,28). The van der Waals surface area contributed by atoms with Gasteiger partial charge < -0.3 is 15.6 Å². The number of carbonyl (C=O) groups excluding carboxylic acids is 2. The van der Waals surface area contributed by atoms with Gasteiger partial charge in [0, 0.05) is 40.5 Å². The van der Waals surface area contributed by atoms with Crippen LogP contribution in [-0.2, 0) is 4.79 Å². The van der Waals surface area contributed by atoms with Gasteiger partial charge in [-0.05, 0) is 54.1 Å². The molecule has 0 aliphatic carbocycles. The average Bonchev–Trinajstić information content (AvgIpc) is 3.13. The van der Waals surface area contributed by atoms with Gasteiger partial charge in [0.25, 0.3) is 5.91 Å². The number of para-hydroxylation sites is 1. The number of aromatic nitrogens is 1. The number of fused-ring (bicyclic) bond motifs is 1. The van der Waals surface area contributed by atoms with Gasteiger partial charge in [0.15, 0.2) is 0 Å². The van der Waals surface area contributed by atoms with Crippen LogP contribution in [0.1, 0.15) is 17.3 Å². The fourth-order valence-electron chi connectivity index (χ4n) is 3.07. The van der Waals surface area contributed by atoms with Gasteiger partial charge in [-0.1, -0.05) is 30.3 Å². The fraction of sp³-hybridized carbons (Fsp3) is 0.0435. The van der Waals surface area contributed by atoms with Crippen molar-refractivity contribution in [3.8, 4) is 11.3 Å². The summed E-state index contributed by atoms with van der Waals surface area (Å²) in [6, 6.07) is 24.7. The molecule has 4 aromatic rings. The van der Waals surface area contributed by atoms with Gasteiger partial charge in [0.05, 0.1) is 0 Å². The number of aromatic amines is 1. The van der Waals surface area contributed by atoms with Crippen LogP contribution >= 0.6 is 0 Å². The normalized spacial score (nSPS) is 10.6. The van der Waals surface area contributed by atoms with Crippen molar-refractivity contribution >= 4 is 34.1 Å². The summed E-state index contributed by atoms with van der Waals surface area (Å²) >= 11 is 0. The maximum atomic E-state index is 12.4. The molecule has 0 aliphatic rings. The van der Waals surface area contributed by atoms with Crippen LogP contribution in [-0.4, -0.2) is 16.8 Å². The summed E-state index contributed by atoms with van der Waals surface area (Å²) in [5.41, 5.74) is 5.08. The molecular weight excluding hydrogens is 350 g/mol. The Morgan fingerprint density at radius 1 is 0.786 bits per heavy atom. The molecule has 3 N–H and O–H groups in total. The van der Waals surface area contributed by atoms with Crippen LogP contribution in [0.4, 0.5) is 11.4 Å². The second-order valence-corrected chi connectivity index (χ2v) is 6.56. The van der Waals surface area contributed by atoms with E-state index in [1.165, 1.54) is 6.92 Å². The van der Waals surface area contributed by atoms with Gasteiger partial charge in [0.1, 0.15) is 0 Å². The first-order chi connectivity index (χ1) is 13.6. The molecule has 5 nitrogen and oxygen atoms in total. The third kappa shape index (κ3) is 3.78. The molecule has 1 aromatic heterocycles. The minimum absolute atomic E-state index is 0.146. The van der Waals surface area contributed by atoms with Crippen molar-refractivity contribution in [3.05, 3.63) is 84.4 Å². The predicted octanol–water partition coefficient (Wildman–Crippen LogP) is 5.05. The maximum Gasteiger partial charge on any atom is 0.255 e. The highest BCUT2D eigenvalue weighted by atomic mass is 16.2. The number of hydrogen-bond donors (Lipinski definition) is 3. The van der Waals surface area contributed by atoms with Crippen molar-refractivity contribution in [3.63, 3.8) is 0 Å². The molecule has 138 valence electrons. The van der Waals surface area contributed by atoms with Crippen molar-refractivity contribution in [2.75, 3.05) is 10.6 Å². The Hall–Kier alpha value is -3.86. The summed E-state index contributed by atoms with van der Waals surface area (Å²) in [4.78, 5) is 26.9. The number of rotatable bonds is 4. The van der Waals surface area contributed by atoms with Gasteiger partial charge >= 0.3 is 0 Å². The second kappa shape index (κ2) is 7.40. The van der Waals surface area contributed by atoms with Crippen LogP contribution in [0.25, 0.3) is 22.2 Å². The topological polar surface area (TPSA) is 74.0 Å². The minimum Gasteiger partial charge on any atom is -0.355 e. The Labute approximate surface area is 162 Å². The number of benzene rings is 3. The van der Waals surface area contributed by atoms with Gasteiger partial charge in [-0.15, -0.1) is 0 Å². The molecule has 0 saturated heterocycles. The Kier molecular flexibility index (Phi) is 4.64. The highest BCUT2D eigenvalue weighted by molar-refractivity contribution is 6.04. The Morgan fingerprint density at radius 3 is 2.11 bits per heavy atom. The average molecular weight is 369 g/mol. The van der Waals surface area contributed by atoms with E-state index in [2.05, 4.69) is 27.8 Å². The lowest BCUT2D eigenvalue weighted by molar-refractivity contribution is -0.114. The smallest absolute Gasteiger partial charge is 0.255 e. The molecule has 4 rings (SSSR count). The molecule has 2 amide bonds. The summed E-state index contributed by atoms with van der Waals surface area (Å²) in [6.07, 6.45) is 0. The van der Waals surface area contributed by atoms with Crippen LogP contribution in [0, 0.1) is 0 Å². The molecule has 0 fully saturated rings. The van der Waals surface area contributed by atoms with Crippen LogP contribution < -0.4 is 10.6 Å². The Balaban J connectivity index is 1.46. The van der Waals surface area contributed by atoms with Crippen molar-refractivity contribution < 1.29 is 9.59 Å². The summed E-state index contributed by atoms with van der Waals surface area (Å²) in [6.45, 7) is 1.44. The molecule has 1 heterocycles. The van der Waals surface area contributed by atoms with E-state index in [9.17, 15) is 9.59 Å². The summed E-state index contributed by atoms with van der Waals surface area (Å²) in [7, 11) is 0. The van der Waals surface area contributed by atoms with Gasteiger partial charge in [-0.2, -0.15) is 0 Å². The zero-order chi connectivity index (χ0) is 19.5. The number of anilines is 2. The lowest BCUT2D eigenvalue weighted by Gasteiger charge is -2.07. The second-order valence-electron chi connectivity index (χ2n) is 6.56. The van der Waals surface area contributed by atoms with Crippen molar-refractivity contribution in [2.45, 2.75) is 6.92 Å². The number of carbonyl (C=O) groups is 2. The monoisotopic (exact) mass is 369 g/mol. The third-order valence-electron chi connectivity index (χ3n) is 4.45. The van der Waals surface area contributed by atoms with Crippen LogP contribution in [0.5, 0.6) is 0 Å². The molecule has 5 heteroatoms. The molecule has 0 atom stereocenters. The first-order valence-corrected chi connectivity index (χ1v) is 8.96. The highest BCUT2D eigenvalue weighted by Crippen LogP contribution is 2.25. The molecule has 0 saturated carbocycles. The predicted molar refractivity (Wildman–Crippen MR) is 112 cm³/mol. The number of H-pyrrole nitrogens is 1. The number of nitrogens with one attached hydrogen (secondary N) is 3. The van der Waals surface area contributed by atoms with Gasteiger partial charge in [-0.25, -0.2) is 0 Å². The van der Waals surface area contributed by atoms with E-state index < -0.39 is 0 Å². The minimum atomic E-state index is -0.201. The van der Waals surface area contributed by atoms with E-state index in [-0.39, 0.29) is 11.8 Å². The third-order valence-corrected chi connectivity index (χ3v) is 4.45. The maximum absolute atomic E-state index is 12.4. The van der Waals surface area contributed by atoms with E-state index >= 15 is 0 Å². The quantitative estimate of drug-likeness (QED) is 0.471. The summed E-state index contributed by atoms with van der Waals surface area (Å²) < 4.78 is 0. The van der Waals surface area contributed by atoms with Crippen molar-refractivity contribution in [2.24, 2.45) is 0 Å². The highest BCUT2D eigenvalue weighted by Gasteiger charge is 2.08. The van der Waals surface area contributed by atoms with E-state index in [4.69, 9.17) is 0 Å². The summed E-state index contributed by atoms with van der Waals surface area (Å²) in [5, 5.41) is 6.73. The van der Waals surface area contributed by atoms with Gasteiger partial charge in [0.2, 0.25) is 5.91 Å². The Morgan fingerprint density at radius 2 is 1.43 bits per heavy atom. The first-order valence-electron chi connectivity index (χ1n) is 8.96. The molecular formula is C23H19N3O2. The molecule has 3 aromatic carbocycles. The number of amides is 2. The van der Waals surface area contributed by atoms with Crippen molar-refractivity contribution in [1.29, 1.82) is 0 Å². The zero-order valence-electron chi connectivity index (χ0n) is 15.3. The van der Waals surface area contributed by atoms with E-state index in [1.54, 1.807) is 24.3 Å². The number of hydrogen-bond acceptors (Lipinski definition) is 2. The van der Waals surface area contributed by atoms with E-state index in [0.29, 0.717) is 11.3 Å². The van der Waals surface area contributed by atoms with E-state index in [0.717, 1.165) is 27.8 Å². The largest absolute Gasteiger partial charge is 0.355 e. The Bertz CT molecular complexity index is 1110. The molecule has 0 radical (unpaired) electrons. The molecule has 0 aliphatic heterocycles. The van der Waals surface area contributed by atoms with Crippen LogP contribution in [0.3, 0.4) is 0 Å². The molecule has 0 bridgehead atoms. The molecule has 28 heavy (non-hydrogen) atoms. The fourth-order valence-corrected chi connectivity index (χ4v) is 3.07. The molecule has 0 unspecified atom stereocenters. The molecule has 0 spiro atoms. The first kappa shape index (κ1) is 17.5. The summed E-state index contributed by atoms with van der Waals surface area (Å²) in [5.74, 6) is -0.347. The van der Waals surface area contributed by atoms with Crippen molar-refractivity contribution in [1.82, 2.24) is 4.98 Å². The van der Waals surface area contributed by atoms with Gasteiger partial charge in [-0.3, -0.25) is 9.59 Å². The van der Waals surface area contributed by atoms with E-state index in [1.807, 2.05) is 42.5 Å². The van der Waals surface area contributed by atoms with Crippen LogP contribution in [0.2, 0.25) is 0 Å². The van der Waals surface area contributed by atoms with Crippen LogP contribution in [0.15, 0.2) is 78.9 Å². The lowest BCUT2D eigenvalue weighted by atomic mass is 10.1. The lowest BCUT2D eigenvalue weighted by Crippen LogP contribution is -2.12. The zero-order valence-corrected chi connectivity index (χ0v) is 15.3.